The molecule has 1 rings (SSSR count). The third-order valence-electron chi connectivity index (χ3n) is 2.95. The van der Waals surface area contributed by atoms with Crippen molar-refractivity contribution in [2.75, 3.05) is 13.7 Å². The standard InChI is InChI=1S/C14H21NO5/c1-6-7-9-10(16)8-15(11(9)12(17)19-5)13(18)20-14(2,3)4/h6,9,11H,1,7-8H2,2-5H3/t9?,11-/m1/s1. The van der Waals surface area contributed by atoms with Crippen LogP contribution in [0.3, 0.4) is 0 Å². The van der Waals surface area contributed by atoms with Crippen molar-refractivity contribution >= 4 is 17.8 Å². The Hall–Kier alpha value is -1.85. The molecule has 1 aliphatic rings. The number of hydrogen-bond donors (Lipinski definition) is 0. The second kappa shape index (κ2) is 6.07. The zero-order valence-electron chi connectivity index (χ0n) is 12.3. The first-order chi connectivity index (χ1) is 9.21. The summed E-state index contributed by atoms with van der Waals surface area (Å²) in [7, 11) is 1.23. The van der Waals surface area contributed by atoms with Crippen LogP contribution in [0.25, 0.3) is 0 Å². The summed E-state index contributed by atoms with van der Waals surface area (Å²) in [6.45, 7) is 8.58. The third-order valence-corrected chi connectivity index (χ3v) is 2.95. The predicted octanol–water partition coefficient (Wildman–Crippen LogP) is 1.54. The van der Waals surface area contributed by atoms with Gasteiger partial charge in [0.25, 0.3) is 0 Å². The number of esters is 1. The van der Waals surface area contributed by atoms with Gasteiger partial charge in [0.1, 0.15) is 11.6 Å². The van der Waals surface area contributed by atoms with E-state index in [1.54, 1.807) is 26.8 Å². The molecule has 0 spiro atoms. The van der Waals surface area contributed by atoms with Gasteiger partial charge in [-0.15, -0.1) is 6.58 Å². The van der Waals surface area contributed by atoms with E-state index in [4.69, 9.17) is 9.47 Å². The molecule has 0 aliphatic carbocycles. The molecule has 6 heteroatoms. The minimum absolute atomic E-state index is 0.146. The number of carbonyl (C=O) groups excluding carboxylic acids is 3. The molecule has 1 amide bonds. The fraction of sp³-hybridized carbons (Fsp3) is 0.643. The number of hydrogen-bond acceptors (Lipinski definition) is 5. The lowest BCUT2D eigenvalue weighted by molar-refractivity contribution is -0.147. The summed E-state index contributed by atoms with van der Waals surface area (Å²) in [5.74, 6) is -1.42. The molecule has 1 unspecified atom stereocenters. The first-order valence-electron chi connectivity index (χ1n) is 6.42. The number of ketones is 1. The van der Waals surface area contributed by atoms with Gasteiger partial charge in [-0.05, 0) is 27.2 Å². The van der Waals surface area contributed by atoms with Crippen LogP contribution in [0.2, 0.25) is 0 Å². The molecular formula is C14H21NO5. The van der Waals surface area contributed by atoms with Crippen LogP contribution < -0.4 is 0 Å². The summed E-state index contributed by atoms with van der Waals surface area (Å²) < 4.78 is 9.92. The van der Waals surface area contributed by atoms with Crippen LogP contribution in [0.5, 0.6) is 0 Å². The normalized spacial score (nSPS) is 22.6. The highest BCUT2D eigenvalue weighted by molar-refractivity contribution is 5.97. The number of amides is 1. The summed E-state index contributed by atoms with van der Waals surface area (Å²) in [4.78, 5) is 37.1. The fourth-order valence-electron chi connectivity index (χ4n) is 2.13. The van der Waals surface area contributed by atoms with Gasteiger partial charge in [-0.1, -0.05) is 6.08 Å². The maximum atomic E-state index is 12.1. The first-order valence-corrected chi connectivity index (χ1v) is 6.42. The molecule has 1 heterocycles. The Kier molecular flexibility index (Phi) is 4.92. The van der Waals surface area contributed by atoms with Crippen LogP contribution in [0.4, 0.5) is 4.79 Å². The molecule has 0 bridgehead atoms. The molecule has 0 aromatic carbocycles. The molecular weight excluding hydrogens is 262 g/mol. The van der Waals surface area contributed by atoms with Crippen molar-refractivity contribution in [3.8, 4) is 0 Å². The Morgan fingerprint density at radius 3 is 2.50 bits per heavy atom. The molecule has 0 N–H and O–H groups in total. The molecule has 0 radical (unpaired) electrons. The van der Waals surface area contributed by atoms with E-state index in [1.165, 1.54) is 7.11 Å². The van der Waals surface area contributed by atoms with Gasteiger partial charge < -0.3 is 9.47 Å². The van der Waals surface area contributed by atoms with Gasteiger partial charge in [0, 0.05) is 0 Å². The van der Waals surface area contributed by atoms with Crippen molar-refractivity contribution in [1.82, 2.24) is 4.90 Å². The van der Waals surface area contributed by atoms with Gasteiger partial charge in [0.2, 0.25) is 0 Å². The number of nitrogens with zero attached hydrogens (tertiary/aromatic N) is 1. The number of allylic oxidation sites excluding steroid dienone is 1. The van der Waals surface area contributed by atoms with Gasteiger partial charge in [-0.3, -0.25) is 9.69 Å². The lowest BCUT2D eigenvalue weighted by Gasteiger charge is -2.28. The topological polar surface area (TPSA) is 72.9 Å². The molecule has 6 nitrogen and oxygen atoms in total. The molecule has 0 aromatic rings. The average Bonchev–Trinajstić information content (AvgIpc) is 2.65. The van der Waals surface area contributed by atoms with E-state index in [1.807, 2.05) is 0 Å². The van der Waals surface area contributed by atoms with Crippen LogP contribution in [-0.4, -0.2) is 48.0 Å². The van der Waals surface area contributed by atoms with E-state index >= 15 is 0 Å². The zero-order chi connectivity index (χ0) is 15.5. The largest absolute Gasteiger partial charge is 0.467 e. The van der Waals surface area contributed by atoms with Crippen molar-refractivity contribution in [2.45, 2.75) is 38.8 Å². The summed E-state index contributed by atoms with van der Waals surface area (Å²) in [6.07, 6.45) is 1.18. The number of rotatable bonds is 3. The molecule has 2 atom stereocenters. The lowest BCUT2D eigenvalue weighted by Crippen LogP contribution is -2.46. The van der Waals surface area contributed by atoms with E-state index < -0.39 is 29.6 Å². The summed E-state index contributed by atoms with van der Waals surface area (Å²) in [6, 6.07) is -0.944. The van der Waals surface area contributed by atoms with E-state index in [2.05, 4.69) is 6.58 Å². The Morgan fingerprint density at radius 2 is 2.05 bits per heavy atom. The Labute approximate surface area is 118 Å². The van der Waals surface area contributed by atoms with E-state index in [0.717, 1.165) is 4.90 Å². The highest BCUT2D eigenvalue weighted by Crippen LogP contribution is 2.27. The van der Waals surface area contributed by atoms with E-state index in [-0.39, 0.29) is 12.3 Å². The Morgan fingerprint density at radius 1 is 1.45 bits per heavy atom. The number of likely N-dealkylation sites (tertiary alicyclic amines) is 1. The van der Waals surface area contributed by atoms with Crippen LogP contribution in [0.15, 0.2) is 12.7 Å². The predicted molar refractivity (Wildman–Crippen MR) is 72.1 cm³/mol. The average molecular weight is 283 g/mol. The molecule has 0 aromatic heterocycles. The molecule has 20 heavy (non-hydrogen) atoms. The maximum Gasteiger partial charge on any atom is 0.411 e. The van der Waals surface area contributed by atoms with Gasteiger partial charge in [-0.2, -0.15) is 0 Å². The van der Waals surface area contributed by atoms with Crippen LogP contribution in [0, 0.1) is 5.92 Å². The third kappa shape index (κ3) is 3.59. The van der Waals surface area contributed by atoms with Gasteiger partial charge in [0.05, 0.1) is 19.6 Å². The van der Waals surface area contributed by atoms with Crippen molar-refractivity contribution in [3.63, 3.8) is 0 Å². The minimum atomic E-state index is -0.944. The smallest absolute Gasteiger partial charge is 0.411 e. The van der Waals surface area contributed by atoms with Crippen LogP contribution >= 0.6 is 0 Å². The monoisotopic (exact) mass is 283 g/mol. The molecule has 1 fully saturated rings. The summed E-state index contributed by atoms with van der Waals surface area (Å²) >= 11 is 0. The van der Waals surface area contributed by atoms with Gasteiger partial charge >= 0.3 is 12.1 Å². The summed E-state index contributed by atoms with van der Waals surface area (Å²) in [5, 5.41) is 0. The molecule has 112 valence electrons. The highest BCUT2D eigenvalue weighted by atomic mass is 16.6. The maximum absolute atomic E-state index is 12.1. The lowest BCUT2D eigenvalue weighted by atomic mass is 9.96. The molecule has 1 aliphatic heterocycles. The van der Waals surface area contributed by atoms with E-state index in [9.17, 15) is 14.4 Å². The number of Topliss-reactive ketones (excluding diaryl/α,β-unsaturated/α-hetero) is 1. The summed E-state index contributed by atoms with van der Waals surface area (Å²) in [5.41, 5.74) is -0.697. The molecule has 1 saturated heterocycles. The van der Waals surface area contributed by atoms with E-state index in [0.29, 0.717) is 6.42 Å². The van der Waals surface area contributed by atoms with Crippen molar-refractivity contribution in [3.05, 3.63) is 12.7 Å². The number of methoxy groups -OCH3 is 1. The van der Waals surface area contributed by atoms with Crippen molar-refractivity contribution < 1.29 is 23.9 Å². The molecule has 0 saturated carbocycles. The van der Waals surface area contributed by atoms with Gasteiger partial charge in [0.15, 0.2) is 5.78 Å². The minimum Gasteiger partial charge on any atom is -0.467 e. The fourth-order valence-corrected chi connectivity index (χ4v) is 2.13. The Balaban J connectivity index is 2.99. The van der Waals surface area contributed by atoms with Crippen molar-refractivity contribution in [1.29, 1.82) is 0 Å². The quantitative estimate of drug-likeness (QED) is 0.580. The second-order valence-electron chi connectivity index (χ2n) is 5.67. The zero-order valence-corrected chi connectivity index (χ0v) is 12.3. The Bertz CT molecular complexity index is 424. The SMILES string of the molecule is C=CCC1C(=O)CN(C(=O)OC(C)(C)C)[C@H]1C(=O)OC. The second-order valence-corrected chi connectivity index (χ2v) is 5.67. The van der Waals surface area contributed by atoms with Gasteiger partial charge in [-0.25, -0.2) is 9.59 Å². The first kappa shape index (κ1) is 16.2. The highest BCUT2D eigenvalue weighted by Gasteiger charge is 2.48. The van der Waals surface area contributed by atoms with Crippen LogP contribution in [0.1, 0.15) is 27.2 Å². The van der Waals surface area contributed by atoms with Crippen molar-refractivity contribution in [2.24, 2.45) is 5.92 Å². The number of ether oxygens (including phenoxy) is 2. The van der Waals surface area contributed by atoms with Crippen LogP contribution in [-0.2, 0) is 19.1 Å². The number of carbonyl (C=O) groups is 3.